The molecule has 0 atom stereocenters. The van der Waals surface area contributed by atoms with Gasteiger partial charge in [-0.1, -0.05) is 13.3 Å². The molecule has 2 aromatic heterocycles. The lowest BCUT2D eigenvalue weighted by Gasteiger charge is -2.11. The second kappa shape index (κ2) is 5.15. The number of H-pyrrole nitrogens is 1. The van der Waals surface area contributed by atoms with Gasteiger partial charge in [-0.3, -0.25) is 9.67 Å². The summed E-state index contributed by atoms with van der Waals surface area (Å²) in [7, 11) is 0. The number of fused-ring (bicyclic) bond motifs is 1. The van der Waals surface area contributed by atoms with E-state index in [0.29, 0.717) is 17.8 Å². The van der Waals surface area contributed by atoms with E-state index in [-0.39, 0.29) is 0 Å². The van der Waals surface area contributed by atoms with Crippen LogP contribution in [-0.2, 0) is 12.6 Å². The second-order valence-electron chi connectivity index (χ2n) is 5.27. The lowest BCUT2D eigenvalue weighted by molar-refractivity contribution is -0.146. The van der Waals surface area contributed by atoms with Gasteiger partial charge in [-0.2, -0.15) is 18.3 Å². The van der Waals surface area contributed by atoms with Crippen LogP contribution in [0.25, 0.3) is 16.6 Å². The molecule has 0 unspecified atom stereocenters. The maximum Gasteiger partial charge on any atom is 0.450 e. The summed E-state index contributed by atoms with van der Waals surface area (Å²) < 4.78 is 40.8. The van der Waals surface area contributed by atoms with Crippen molar-refractivity contribution in [3.05, 3.63) is 41.6 Å². The summed E-state index contributed by atoms with van der Waals surface area (Å²) in [6, 6.07) is 3.38. The zero-order valence-electron chi connectivity index (χ0n) is 12.2. The van der Waals surface area contributed by atoms with E-state index in [9.17, 15) is 13.2 Å². The number of hydrogen-bond donors (Lipinski definition) is 1. The Morgan fingerprint density at radius 3 is 2.73 bits per heavy atom. The molecular formula is C15H15F3N4. The van der Waals surface area contributed by atoms with Crippen LogP contribution in [0.15, 0.2) is 24.5 Å². The third kappa shape index (κ3) is 2.47. The van der Waals surface area contributed by atoms with Crippen LogP contribution in [0.1, 0.15) is 30.4 Å². The average molecular weight is 308 g/mol. The molecule has 3 aromatic rings. The van der Waals surface area contributed by atoms with E-state index in [1.807, 2.05) is 13.8 Å². The number of aromatic amines is 1. The minimum Gasteiger partial charge on any atom is -0.296 e. The van der Waals surface area contributed by atoms with Gasteiger partial charge in [-0.25, -0.2) is 4.98 Å². The molecule has 2 heterocycles. The summed E-state index contributed by atoms with van der Waals surface area (Å²) in [4.78, 5) is 3.76. The number of benzene rings is 1. The number of rotatable bonds is 3. The first-order valence-electron chi connectivity index (χ1n) is 6.99. The highest BCUT2D eigenvalue weighted by Gasteiger charge is 2.37. The number of nitrogens with zero attached hydrogens (tertiary/aromatic N) is 3. The first-order chi connectivity index (χ1) is 10.4. The largest absolute Gasteiger partial charge is 0.450 e. The molecular weight excluding hydrogens is 293 g/mol. The molecule has 0 aliphatic carbocycles. The van der Waals surface area contributed by atoms with Gasteiger partial charge in [-0.15, -0.1) is 0 Å². The molecule has 22 heavy (non-hydrogen) atoms. The molecule has 1 aromatic carbocycles. The molecule has 7 heteroatoms. The van der Waals surface area contributed by atoms with Crippen molar-refractivity contribution in [1.82, 2.24) is 19.7 Å². The molecule has 1 N–H and O–H groups in total. The van der Waals surface area contributed by atoms with Crippen molar-refractivity contribution < 1.29 is 13.2 Å². The van der Waals surface area contributed by atoms with Crippen LogP contribution in [0.5, 0.6) is 0 Å². The van der Waals surface area contributed by atoms with Gasteiger partial charge in [0.1, 0.15) is 0 Å². The van der Waals surface area contributed by atoms with Crippen LogP contribution in [0.2, 0.25) is 0 Å². The first-order valence-corrected chi connectivity index (χ1v) is 6.99. The fourth-order valence-electron chi connectivity index (χ4n) is 2.56. The Balaban J connectivity index is 2.20. The van der Waals surface area contributed by atoms with Crippen LogP contribution >= 0.6 is 0 Å². The summed E-state index contributed by atoms with van der Waals surface area (Å²) in [6.07, 6.45) is -0.168. The Labute approximate surface area is 125 Å². The number of halogens is 3. The highest BCUT2D eigenvalue weighted by atomic mass is 19.4. The summed E-state index contributed by atoms with van der Waals surface area (Å²) in [5.41, 5.74) is 2.54. The fraction of sp³-hybridized carbons (Fsp3) is 0.333. The number of imidazole rings is 1. The standard InChI is InChI=1S/C15H15F3N4/c1-3-4-11-8-22(14(20-11)15(16,17)18)12-5-9(2)13-10(6-12)7-19-21-13/h5-8H,3-4H2,1-2H3,(H,19,21). The first kappa shape index (κ1) is 14.6. The quantitative estimate of drug-likeness (QED) is 0.794. The van der Waals surface area contributed by atoms with Gasteiger partial charge in [-0.05, 0) is 31.0 Å². The monoisotopic (exact) mass is 308 g/mol. The maximum absolute atomic E-state index is 13.2. The van der Waals surface area contributed by atoms with Gasteiger partial charge < -0.3 is 0 Å². The Bertz CT molecular complexity index is 814. The lowest BCUT2D eigenvalue weighted by Crippen LogP contribution is -2.13. The zero-order valence-corrected chi connectivity index (χ0v) is 12.2. The predicted molar refractivity (Wildman–Crippen MR) is 76.9 cm³/mol. The van der Waals surface area contributed by atoms with E-state index >= 15 is 0 Å². The summed E-state index contributed by atoms with van der Waals surface area (Å²) in [6.45, 7) is 3.75. The molecule has 0 aliphatic heterocycles. The smallest absolute Gasteiger partial charge is 0.296 e. The van der Waals surface area contributed by atoms with Crippen molar-refractivity contribution in [1.29, 1.82) is 0 Å². The molecule has 3 rings (SSSR count). The van der Waals surface area contributed by atoms with Crippen LogP contribution in [0.4, 0.5) is 13.2 Å². The van der Waals surface area contributed by atoms with Crippen molar-refractivity contribution in [2.75, 3.05) is 0 Å². The van der Waals surface area contributed by atoms with Crippen LogP contribution < -0.4 is 0 Å². The highest BCUT2D eigenvalue weighted by molar-refractivity contribution is 5.83. The van der Waals surface area contributed by atoms with Crippen molar-refractivity contribution in [2.45, 2.75) is 32.9 Å². The minimum absolute atomic E-state index is 0.438. The van der Waals surface area contributed by atoms with Gasteiger partial charge in [0.15, 0.2) is 0 Å². The number of nitrogens with one attached hydrogen (secondary N) is 1. The highest BCUT2D eigenvalue weighted by Crippen LogP contribution is 2.32. The van der Waals surface area contributed by atoms with Crippen molar-refractivity contribution in [3.63, 3.8) is 0 Å². The third-order valence-electron chi connectivity index (χ3n) is 3.52. The van der Waals surface area contributed by atoms with Crippen molar-refractivity contribution in [3.8, 4) is 5.69 Å². The number of aromatic nitrogens is 4. The second-order valence-corrected chi connectivity index (χ2v) is 5.27. The van der Waals surface area contributed by atoms with E-state index in [0.717, 1.165) is 27.5 Å². The number of aryl methyl sites for hydroxylation is 2. The molecule has 0 fully saturated rings. The molecule has 0 radical (unpaired) electrons. The molecule has 0 aliphatic rings. The SMILES string of the molecule is CCCc1cn(-c2cc(C)c3[nH]ncc3c2)c(C(F)(F)F)n1. The molecule has 116 valence electrons. The summed E-state index contributed by atoms with van der Waals surface area (Å²) >= 11 is 0. The fourth-order valence-corrected chi connectivity index (χ4v) is 2.56. The van der Waals surface area contributed by atoms with Gasteiger partial charge in [0.05, 0.1) is 17.4 Å². The lowest BCUT2D eigenvalue weighted by atomic mass is 10.1. The topological polar surface area (TPSA) is 46.5 Å². The van der Waals surface area contributed by atoms with Crippen LogP contribution in [-0.4, -0.2) is 19.7 Å². The van der Waals surface area contributed by atoms with Gasteiger partial charge in [0, 0.05) is 17.3 Å². The van der Waals surface area contributed by atoms with Crippen LogP contribution in [0.3, 0.4) is 0 Å². The third-order valence-corrected chi connectivity index (χ3v) is 3.52. The summed E-state index contributed by atoms with van der Waals surface area (Å²) in [5.74, 6) is -0.891. The summed E-state index contributed by atoms with van der Waals surface area (Å²) in [5, 5.41) is 7.54. The predicted octanol–water partition coefficient (Wildman–Crippen LogP) is 4.03. The number of alkyl halides is 3. The molecule has 4 nitrogen and oxygen atoms in total. The Kier molecular flexibility index (Phi) is 3.42. The Hall–Kier alpha value is -2.31. The number of hydrogen-bond acceptors (Lipinski definition) is 2. The van der Waals surface area contributed by atoms with Gasteiger partial charge >= 0.3 is 6.18 Å². The van der Waals surface area contributed by atoms with Crippen molar-refractivity contribution >= 4 is 10.9 Å². The molecule has 0 saturated heterocycles. The average Bonchev–Trinajstić information content (AvgIpc) is 3.04. The van der Waals surface area contributed by atoms with Crippen LogP contribution in [0, 0.1) is 6.92 Å². The van der Waals surface area contributed by atoms with Gasteiger partial charge in [0.25, 0.3) is 0 Å². The van der Waals surface area contributed by atoms with E-state index in [4.69, 9.17) is 0 Å². The normalized spacial score (nSPS) is 12.2. The Morgan fingerprint density at radius 1 is 1.27 bits per heavy atom. The van der Waals surface area contributed by atoms with Crippen molar-refractivity contribution in [2.24, 2.45) is 0 Å². The zero-order chi connectivity index (χ0) is 15.9. The molecule has 0 amide bonds. The Morgan fingerprint density at radius 2 is 2.05 bits per heavy atom. The molecule has 0 saturated carbocycles. The molecule has 0 bridgehead atoms. The molecule has 0 spiro atoms. The van der Waals surface area contributed by atoms with E-state index in [1.54, 1.807) is 18.3 Å². The van der Waals surface area contributed by atoms with Gasteiger partial charge in [0.2, 0.25) is 5.82 Å². The van der Waals surface area contributed by atoms with E-state index in [2.05, 4.69) is 15.2 Å². The van der Waals surface area contributed by atoms with E-state index in [1.165, 1.54) is 6.20 Å². The minimum atomic E-state index is -4.49. The van der Waals surface area contributed by atoms with E-state index < -0.39 is 12.0 Å². The maximum atomic E-state index is 13.2.